The maximum absolute atomic E-state index is 14.1. The Bertz CT molecular complexity index is 1140. The molecule has 0 spiro atoms. The Balaban J connectivity index is 2.41. The summed E-state index contributed by atoms with van der Waals surface area (Å²) in [5, 5.41) is 0.0151. The minimum absolute atomic E-state index is 0.0151. The summed E-state index contributed by atoms with van der Waals surface area (Å²) >= 11 is 0. The first-order valence-electron chi connectivity index (χ1n) is 14.3. The lowest BCUT2D eigenvalue weighted by atomic mass is 9.86. The van der Waals surface area contributed by atoms with Crippen LogP contribution in [0, 0.1) is 5.92 Å². The molecule has 0 saturated heterocycles. The smallest absolute Gasteiger partial charge is 0.344 e. The molecule has 2 rings (SSSR count). The van der Waals surface area contributed by atoms with E-state index in [1.165, 1.54) is 14.0 Å². The fourth-order valence-electron chi connectivity index (χ4n) is 4.89. The van der Waals surface area contributed by atoms with Crippen LogP contribution in [-0.2, 0) is 39.3 Å². The van der Waals surface area contributed by atoms with E-state index in [9.17, 15) is 14.4 Å². The number of esters is 1. The number of methoxy groups -OCH3 is 1. The van der Waals surface area contributed by atoms with E-state index >= 15 is 0 Å². The topological polar surface area (TPSA) is 88.1 Å². The molecule has 0 fully saturated rings. The Morgan fingerprint density at radius 3 is 2.15 bits per heavy atom. The van der Waals surface area contributed by atoms with Gasteiger partial charge in [-0.05, 0) is 69.2 Å². The van der Waals surface area contributed by atoms with E-state index < -0.39 is 40.1 Å². The number of carbonyl (C=O) groups excluding carboxylic acids is 3. The fraction of sp³-hybridized carbons (Fsp3) is 0.594. The van der Waals surface area contributed by atoms with Crippen LogP contribution in [0.15, 0.2) is 53.6 Å². The summed E-state index contributed by atoms with van der Waals surface area (Å²) in [4.78, 5) is 39.4. The molecule has 1 aromatic carbocycles. The SMILES string of the molecule is C=C(C[C@H](OCc1ccccc1)C(=O)[C@](C)(O[Si](C)(C)C)C(=O)OC)[C@H]1C[C@@H](O[Si](C)(C)C(C)(C)C)C(C)=C1C=O. The van der Waals surface area contributed by atoms with E-state index in [2.05, 4.69) is 40.4 Å². The lowest BCUT2D eigenvalue weighted by molar-refractivity contribution is -0.169. The summed E-state index contributed by atoms with van der Waals surface area (Å²) in [7, 11) is -3.24. The minimum atomic E-state index is -2.37. The van der Waals surface area contributed by atoms with Gasteiger partial charge < -0.3 is 18.3 Å². The normalized spacial score (nSPS) is 20.4. The second-order valence-corrected chi connectivity index (χ2v) is 22.8. The maximum Gasteiger partial charge on any atom is 0.344 e. The number of aldehydes is 1. The van der Waals surface area contributed by atoms with Gasteiger partial charge in [0.05, 0.1) is 19.8 Å². The molecule has 0 N–H and O–H groups in total. The molecule has 0 bridgehead atoms. The minimum Gasteiger partial charge on any atom is -0.467 e. The number of carbonyl (C=O) groups is 3. The van der Waals surface area contributed by atoms with Crippen molar-refractivity contribution in [3.63, 3.8) is 0 Å². The molecule has 1 aliphatic rings. The number of hydrogen-bond acceptors (Lipinski definition) is 7. The molecule has 0 heterocycles. The average molecular weight is 603 g/mol. The van der Waals surface area contributed by atoms with E-state index in [0.717, 1.165) is 17.4 Å². The predicted octanol–water partition coefficient (Wildman–Crippen LogP) is 6.80. The van der Waals surface area contributed by atoms with Crippen LogP contribution in [-0.4, -0.2) is 59.6 Å². The van der Waals surface area contributed by atoms with Gasteiger partial charge in [-0.3, -0.25) is 9.59 Å². The van der Waals surface area contributed by atoms with Crippen LogP contribution in [0.2, 0.25) is 37.8 Å². The lowest BCUT2D eigenvalue weighted by Crippen LogP contribution is -2.56. The molecule has 228 valence electrons. The fourth-order valence-corrected chi connectivity index (χ4v) is 7.64. The summed E-state index contributed by atoms with van der Waals surface area (Å²) in [5.41, 5.74) is 1.27. The quantitative estimate of drug-likeness (QED) is 0.0761. The van der Waals surface area contributed by atoms with Crippen LogP contribution in [0.1, 0.15) is 53.0 Å². The Kier molecular flexibility index (Phi) is 11.5. The van der Waals surface area contributed by atoms with Crippen LogP contribution in [0.3, 0.4) is 0 Å². The van der Waals surface area contributed by atoms with E-state index in [1.54, 1.807) is 0 Å². The first-order valence-corrected chi connectivity index (χ1v) is 20.6. The van der Waals surface area contributed by atoms with E-state index in [0.29, 0.717) is 17.6 Å². The summed E-state index contributed by atoms with van der Waals surface area (Å²) in [6.07, 6.45) is 0.332. The largest absolute Gasteiger partial charge is 0.467 e. The molecule has 0 amide bonds. The molecule has 0 radical (unpaired) electrons. The zero-order chi connectivity index (χ0) is 31.4. The highest BCUT2D eigenvalue weighted by atomic mass is 28.4. The van der Waals surface area contributed by atoms with Crippen molar-refractivity contribution in [1.29, 1.82) is 0 Å². The van der Waals surface area contributed by atoms with Gasteiger partial charge in [0.2, 0.25) is 11.4 Å². The number of benzene rings is 1. The van der Waals surface area contributed by atoms with Crippen molar-refractivity contribution in [3.05, 3.63) is 59.2 Å². The van der Waals surface area contributed by atoms with Gasteiger partial charge in [-0.25, -0.2) is 4.79 Å². The molecule has 1 aliphatic carbocycles. The third kappa shape index (κ3) is 8.67. The van der Waals surface area contributed by atoms with Crippen molar-refractivity contribution < 1.29 is 32.7 Å². The predicted molar refractivity (Wildman–Crippen MR) is 168 cm³/mol. The van der Waals surface area contributed by atoms with Gasteiger partial charge >= 0.3 is 5.97 Å². The Morgan fingerprint density at radius 1 is 1.07 bits per heavy atom. The molecule has 0 unspecified atom stereocenters. The molecular weight excluding hydrogens is 553 g/mol. The highest BCUT2D eigenvalue weighted by Gasteiger charge is 2.50. The second-order valence-electron chi connectivity index (χ2n) is 13.7. The van der Waals surface area contributed by atoms with Crippen molar-refractivity contribution in [2.45, 2.75) is 110 Å². The number of allylic oxidation sites excluding steroid dienone is 1. The van der Waals surface area contributed by atoms with Crippen molar-refractivity contribution in [2.24, 2.45) is 5.92 Å². The van der Waals surface area contributed by atoms with Gasteiger partial charge in [-0.15, -0.1) is 0 Å². The van der Waals surface area contributed by atoms with Crippen LogP contribution in [0.5, 0.6) is 0 Å². The van der Waals surface area contributed by atoms with Gasteiger partial charge in [0.15, 0.2) is 16.6 Å². The number of rotatable bonds is 14. The van der Waals surface area contributed by atoms with Gasteiger partial charge in [0, 0.05) is 17.9 Å². The third-order valence-electron chi connectivity index (χ3n) is 8.22. The van der Waals surface area contributed by atoms with Crippen LogP contribution < -0.4 is 0 Å². The van der Waals surface area contributed by atoms with Crippen molar-refractivity contribution >= 4 is 34.7 Å². The van der Waals surface area contributed by atoms with E-state index in [1.807, 2.05) is 56.9 Å². The molecule has 0 saturated carbocycles. The van der Waals surface area contributed by atoms with Crippen LogP contribution in [0.25, 0.3) is 0 Å². The number of ketones is 1. The second kappa shape index (κ2) is 13.4. The highest BCUT2D eigenvalue weighted by molar-refractivity contribution is 6.74. The third-order valence-corrected chi connectivity index (χ3v) is 13.7. The number of ether oxygens (including phenoxy) is 2. The molecule has 0 aromatic heterocycles. The molecule has 1 aromatic rings. The number of Topliss-reactive ketones (excluding diaryl/α,β-unsaturated/α-hetero) is 1. The van der Waals surface area contributed by atoms with Crippen molar-refractivity contribution in [3.8, 4) is 0 Å². The monoisotopic (exact) mass is 602 g/mol. The Hall–Kier alpha value is -2.18. The molecule has 41 heavy (non-hydrogen) atoms. The first kappa shape index (κ1) is 35.0. The van der Waals surface area contributed by atoms with E-state index in [-0.39, 0.29) is 30.1 Å². The Morgan fingerprint density at radius 2 is 1.66 bits per heavy atom. The summed E-state index contributed by atoms with van der Waals surface area (Å²) in [6, 6.07) is 9.51. The molecular formula is C32H50O7Si2. The van der Waals surface area contributed by atoms with Gasteiger partial charge in [0.1, 0.15) is 12.4 Å². The molecule has 0 aliphatic heterocycles. The lowest BCUT2D eigenvalue weighted by Gasteiger charge is -2.39. The van der Waals surface area contributed by atoms with Crippen LogP contribution in [0.4, 0.5) is 0 Å². The van der Waals surface area contributed by atoms with Gasteiger partial charge in [-0.1, -0.05) is 63.3 Å². The summed E-state index contributed by atoms with van der Waals surface area (Å²) in [6.45, 7) is 24.6. The van der Waals surface area contributed by atoms with Crippen LogP contribution >= 0.6 is 0 Å². The number of hydrogen-bond donors (Lipinski definition) is 0. The van der Waals surface area contributed by atoms with E-state index in [4.69, 9.17) is 18.3 Å². The zero-order valence-corrected chi connectivity index (χ0v) is 28.9. The Labute approximate surface area is 248 Å². The molecule has 7 nitrogen and oxygen atoms in total. The van der Waals surface area contributed by atoms with Crippen molar-refractivity contribution in [1.82, 2.24) is 0 Å². The average Bonchev–Trinajstić information content (AvgIpc) is 3.18. The molecule has 4 atom stereocenters. The summed E-state index contributed by atoms with van der Waals surface area (Å²) < 4.78 is 24.1. The van der Waals surface area contributed by atoms with Gasteiger partial charge in [0.25, 0.3) is 0 Å². The summed E-state index contributed by atoms with van der Waals surface area (Å²) in [5.74, 6) is -1.58. The standard InChI is InChI=1S/C32H50O7Si2/c1-22(25-19-27(23(2)26(25)20-33)38-41(11,12)31(3,4)5)18-28(37-21-24-16-14-13-15-17-24)29(34)32(6,30(35)36-7)39-40(8,9)10/h13-17,20,25,27-28H,1,18-19,21H2,2-12H3/t25-,27-,28+,32+/m1/s1. The zero-order valence-electron chi connectivity index (χ0n) is 26.9. The van der Waals surface area contributed by atoms with Gasteiger partial charge in [-0.2, -0.15) is 0 Å². The molecule has 9 heteroatoms. The van der Waals surface area contributed by atoms with Crippen molar-refractivity contribution in [2.75, 3.05) is 7.11 Å². The maximum atomic E-state index is 14.1. The first-order chi connectivity index (χ1) is 18.8. The highest BCUT2D eigenvalue weighted by Crippen LogP contribution is 2.44.